The Morgan fingerprint density at radius 2 is 2.39 bits per heavy atom. The Labute approximate surface area is 108 Å². The SMILES string of the molecule is CCCn1nccc1CNCC(=O)NCCOC. The number of nitrogens with zero attached hydrogens (tertiary/aromatic N) is 2. The van der Waals surface area contributed by atoms with Crippen LogP contribution in [-0.4, -0.2) is 42.5 Å². The number of nitrogens with one attached hydrogen (secondary N) is 2. The highest BCUT2D eigenvalue weighted by atomic mass is 16.5. The van der Waals surface area contributed by atoms with E-state index in [1.807, 2.05) is 10.7 Å². The number of hydrogen-bond donors (Lipinski definition) is 2. The van der Waals surface area contributed by atoms with Crippen LogP contribution in [0.1, 0.15) is 19.0 Å². The summed E-state index contributed by atoms with van der Waals surface area (Å²) in [7, 11) is 1.61. The van der Waals surface area contributed by atoms with Gasteiger partial charge in [0.1, 0.15) is 0 Å². The molecule has 0 aliphatic heterocycles. The van der Waals surface area contributed by atoms with Crippen LogP contribution in [0.4, 0.5) is 0 Å². The fraction of sp³-hybridized carbons (Fsp3) is 0.667. The Kier molecular flexibility index (Phi) is 7.05. The van der Waals surface area contributed by atoms with Gasteiger partial charge in [-0.15, -0.1) is 0 Å². The zero-order chi connectivity index (χ0) is 13.2. The quantitative estimate of drug-likeness (QED) is 0.615. The van der Waals surface area contributed by atoms with E-state index in [0.717, 1.165) is 18.7 Å². The maximum atomic E-state index is 11.4. The van der Waals surface area contributed by atoms with Gasteiger partial charge in [-0.05, 0) is 12.5 Å². The van der Waals surface area contributed by atoms with Crippen molar-refractivity contribution >= 4 is 5.91 Å². The molecule has 6 heteroatoms. The van der Waals surface area contributed by atoms with Gasteiger partial charge >= 0.3 is 0 Å². The molecule has 1 rings (SSSR count). The van der Waals surface area contributed by atoms with Crippen LogP contribution in [0, 0.1) is 0 Å². The predicted octanol–water partition coefficient (Wildman–Crippen LogP) is 0.145. The molecule has 0 aliphatic carbocycles. The number of rotatable bonds is 9. The Morgan fingerprint density at radius 1 is 1.56 bits per heavy atom. The predicted molar refractivity (Wildman–Crippen MR) is 69.1 cm³/mol. The second kappa shape index (κ2) is 8.66. The van der Waals surface area contributed by atoms with Gasteiger partial charge in [-0.2, -0.15) is 5.10 Å². The molecule has 1 aromatic heterocycles. The smallest absolute Gasteiger partial charge is 0.234 e. The fourth-order valence-corrected chi connectivity index (χ4v) is 1.58. The van der Waals surface area contributed by atoms with Crippen molar-refractivity contribution in [1.29, 1.82) is 0 Å². The molecular formula is C12H22N4O2. The molecule has 0 atom stereocenters. The molecule has 0 aliphatic rings. The van der Waals surface area contributed by atoms with Gasteiger partial charge in [-0.25, -0.2) is 0 Å². The van der Waals surface area contributed by atoms with Crippen molar-refractivity contribution in [3.63, 3.8) is 0 Å². The van der Waals surface area contributed by atoms with Crippen molar-refractivity contribution in [2.75, 3.05) is 26.8 Å². The number of carbonyl (C=O) groups excluding carboxylic acids is 1. The molecule has 2 N–H and O–H groups in total. The summed E-state index contributed by atoms with van der Waals surface area (Å²) < 4.78 is 6.81. The average Bonchev–Trinajstić information content (AvgIpc) is 2.78. The highest BCUT2D eigenvalue weighted by Crippen LogP contribution is 1.99. The van der Waals surface area contributed by atoms with Crippen LogP contribution in [0.15, 0.2) is 12.3 Å². The van der Waals surface area contributed by atoms with Crippen molar-refractivity contribution in [3.05, 3.63) is 18.0 Å². The zero-order valence-corrected chi connectivity index (χ0v) is 11.1. The molecule has 0 saturated heterocycles. The van der Waals surface area contributed by atoms with Crippen molar-refractivity contribution in [1.82, 2.24) is 20.4 Å². The molecular weight excluding hydrogens is 232 g/mol. The molecule has 1 heterocycles. The first kappa shape index (κ1) is 14.7. The monoisotopic (exact) mass is 254 g/mol. The molecule has 0 spiro atoms. The number of carbonyl (C=O) groups is 1. The summed E-state index contributed by atoms with van der Waals surface area (Å²) in [5, 5.41) is 10.1. The highest BCUT2D eigenvalue weighted by Gasteiger charge is 2.03. The average molecular weight is 254 g/mol. The Bertz CT molecular complexity index is 352. The lowest BCUT2D eigenvalue weighted by molar-refractivity contribution is -0.120. The second-order valence-corrected chi connectivity index (χ2v) is 3.99. The summed E-state index contributed by atoms with van der Waals surface area (Å²) in [6.45, 7) is 5.06. The third-order valence-electron chi connectivity index (χ3n) is 2.46. The number of hydrogen-bond acceptors (Lipinski definition) is 4. The number of methoxy groups -OCH3 is 1. The largest absolute Gasteiger partial charge is 0.383 e. The summed E-state index contributed by atoms with van der Waals surface area (Å²) in [5.41, 5.74) is 1.10. The van der Waals surface area contributed by atoms with Gasteiger partial charge in [-0.3, -0.25) is 9.48 Å². The third-order valence-corrected chi connectivity index (χ3v) is 2.46. The number of aromatic nitrogens is 2. The standard InChI is InChI=1S/C12H22N4O2/c1-3-7-16-11(4-5-15-16)9-13-10-12(17)14-6-8-18-2/h4-5,13H,3,6-10H2,1-2H3,(H,14,17). The van der Waals surface area contributed by atoms with Gasteiger partial charge in [0.2, 0.25) is 5.91 Å². The molecule has 0 fully saturated rings. The van der Waals surface area contributed by atoms with Gasteiger partial charge in [0, 0.05) is 32.9 Å². The van der Waals surface area contributed by atoms with E-state index >= 15 is 0 Å². The van der Waals surface area contributed by atoms with Crippen LogP contribution in [-0.2, 0) is 22.6 Å². The Balaban J connectivity index is 2.20. The van der Waals surface area contributed by atoms with Crippen molar-refractivity contribution in [3.8, 4) is 0 Å². The number of amides is 1. The zero-order valence-electron chi connectivity index (χ0n) is 11.1. The Morgan fingerprint density at radius 3 is 3.11 bits per heavy atom. The van der Waals surface area contributed by atoms with Crippen molar-refractivity contribution in [2.45, 2.75) is 26.4 Å². The highest BCUT2D eigenvalue weighted by molar-refractivity contribution is 5.77. The minimum atomic E-state index is -0.0198. The molecule has 0 radical (unpaired) electrons. The van der Waals surface area contributed by atoms with Crippen LogP contribution < -0.4 is 10.6 Å². The van der Waals surface area contributed by atoms with E-state index in [-0.39, 0.29) is 5.91 Å². The first-order valence-electron chi connectivity index (χ1n) is 6.25. The summed E-state index contributed by atoms with van der Waals surface area (Å²) in [6.07, 6.45) is 2.83. The summed E-state index contributed by atoms with van der Waals surface area (Å²) >= 11 is 0. The van der Waals surface area contributed by atoms with Gasteiger partial charge in [0.25, 0.3) is 0 Å². The van der Waals surface area contributed by atoms with E-state index < -0.39 is 0 Å². The minimum Gasteiger partial charge on any atom is -0.383 e. The molecule has 1 amide bonds. The van der Waals surface area contributed by atoms with E-state index in [1.54, 1.807) is 13.3 Å². The molecule has 0 aromatic carbocycles. The molecule has 1 aromatic rings. The van der Waals surface area contributed by atoms with E-state index in [0.29, 0.717) is 26.2 Å². The normalized spacial score (nSPS) is 10.6. The third kappa shape index (κ3) is 5.29. The van der Waals surface area contributed by atoms with E-state index in [4.69, 9.17) is 4.74 Å². The van der Waals surface area contributed by atoms with E-state index in [2.05, 4.69) is 22.7 Å². The lowest BCUT2D eigenvalue weighted by Gasteiger charge is -2.08. The fourth-order valence-electron chi connectivity index (χ4n) is 1.58. The first-order valence-corrected chi connectivity index (χ1v) is 6.25. The molecule has 0 bridgehead atoms. The maximum absolute atomic E-state index is 11.4. The number of aryl methyl sites for hydroxylation is 1. The van der Waals surface area contributed by atoms with Crippen LogP contribution in [0.2, 0.25) is 0 Å². The molecule has 102 valence electrons. The van der Waals surface area contributed by atoms with Gasteiger partial charge in [0.15, 0.2) is 0 Å². The molecule has 0 unspecified atom stereocenters. The molecule has 0 saturated carbocycles. The number of ether oxygens (including phenoxy) is 1. The summed E-state index contributed by atoms with van der Waals surface area (Å²) in [6, 6.07) is 1.96. The lowest BCUT2D eigenvalue weighted by Crippen LogP contribution is -2.35. The van der Waals surface area contributed by atoms with Crippen molar-refractivity contribution in [2.24, 2.45) is 0 Å². The lowest BCUT2D eigenvalue weighted by atomic mass is 10.4. The first-order chi connectivity index (χ1) is 8.77. The van der Waals surface area contributed by atoms with Gasteiger partial charge < -0.3 is 15.4 Å². The summed E-state index contributed by atoms with van der Waals surface area (Å²) in [4.78, 5) is 11.4. The van der Waals surface area contributed by atoms with Crippen LogP contribution in [0.25, 0.3) is 0 Å². The molecule has 6 nitrogen and oxygen atoms in total. The van der Waals surface area contributed by atoms with E-state index in [9.17, 15) is 4.79 Å². The topological polar surface area (TPSA) is 68.2 Å². The van der Waals surface area contributed by atoms with Crippen LogP contribution in [0.5, 0.6) is 0 Å². The van der Waals surface area contributed by atoms with E-state index in [1.165, 1.54) is 0 Å². The summed E-state index contributed by atoms with van der Waals surface area (Å²) in [5.74, 6) is -0.0198. The van der Waals surface area contributed by atoms with Crippen LogP contribution in [0.3, 0.4) is 0 Å². The Hall–Kier alpha value is -1.40. The second-order valence-electron chi connectivity index (χ2n) is 3.99. The van der Waals surface area contributed by atoms with Gasteiger partial charge in [0.05, 0.1) is 18.8 Å². The molecule has 18 heavy (non-hydrogen) atoms. The minimum absolute atomic E-state index is 0.0198. The van der Waals surface area contributed by atoms with Gasteiger partial charge in [-0.1, -0.05) is 6.92 Å². The van der Waals surface area contributed by atoms with Crippen LogP contribution >= 0.6 is 0 Å². The maximum Gasteiger partial charge on any atom is 0.234 e. The van der Waals surface area contributed by atoms with Crippen molar-refractivity contribution < 1.29 is 9.53 Å².